The van der Waals surface area contributed by atoms with Crippen molar-refractivity contribution in [1.29, 1.82) is 0 Å². The van der Waals surface area contributed by atoms with Crippen LogP contribution in [-0.2, 0) is 0 Å². The van der Waals surface area contributed by atoms with E-state index in [1.54, 1.807) is 26.4 Å². The summed E-state index contributed by atoms with van der Waals surface area (Å²) in [7, 11) is 3.19. The van der Waals surface area contributed by atoms with Gasteiger partial charge < -0.3 is 20.1 Å². The first kappa shape index (κ1) is 18.6. The Morgan fingerprint density at radius 2 is 1.86 bits per heavy atom. The molecule has 2 unspecified atom stereocenters. The van der Waals surface area contributed by atoms with Gasteiger partial charge in [0.05, 0.1) is 14.2 Å². The molecule has 0 saturated carbocycles. The second-order valence-corrected chi connectivity index (χ2v) is 5.47. The van der Waals surface area contributed by atoms with Gasteiger partial charge in [0, 0.05) is 23.2 Å². The van der Waals surface area contributed by atoms with E-state index in [2.05, 4.69) is 17.6 Å². The van der Waals surface area contributed by atoms with Crippen molar-refractivity contribution in [2.75, 3.05) is 20.8 Å². The minimum absolute atomic E-state index is 0. The Morgan fingerprint density at radius 1 is 1.27 bits per heavy atom. The van der Waals surface area contributed by atoms with Crippen LogP contribution in [0.5, 0.6) is 11.5 Å². The highest BCUT2D eigenvalue weighted by Crippen LogP contribution is 2.29. The van der Waals surface area contributed by atoms with E-state index in [-0.39, 0.29) is 30.4 Å². The standard InChI is InChI=1S/C16H24N2O3.ClH/c1-10-14(20-3)8-12(9-15(10)21-4)16(19)18-13-6-5-7-17-11(13)2;/h8-9,11,13,17H,5-7H2,1-4H3,(H,18,19);1H. The number of carbonyl (C=O) groups excluding carboxylic acids is 1. The Labute approximate surface area is 138 Å². The molecule has 1 heterocycles. The molecule has 0 bridgehead atoms. The number of amides is 1. The van der Waals surface area contributed by atoms with Crippen LogP contribution in [0.1, 0.15) is 35.7 Å². The highest BCUT2D eigenvalue weighted by molar-refractivity contribution is 5.95. The smallest absolute Gasteiger partial charge is 0.251 e. The number of rotatable bonds is 4. The summed E-state index contributed by atoms with van der Waals surface area (Å²) >= 11 is 0. The van der Waals surface area contributed by atoms with Crippen LogP contribution in [0.3, 0.4) is 0 Å². The van der Waals surface area contributed by atoms with Crippen LogP contribution in [0.15, 0.2) is 12.1 Å². The first-order valence-electron chi connectivity index (χ1n) is 7.33. The maximum Gasteiger partial charge on any atom is 0.251 e. The molecule has 1 aromatic rings. The van der Waals surface area contributed by atoms with Crippen molar-refractivity contribution in [3.05, 3.63) is 23.3 Å². The van der Waals surface area contributed by atoms with Gasteiger partial charge in [0.25, 0.3) is 5.91 Å². The second kappa shape index (κ2) is 8.25. The molecular weight excluding hydrogens is 304 g/mol. The minimum Gasteiger partial charge on any atom is -0.496 e. The molecule has 1 aliphatic heterocycles. The molecule has 1 aliphatic rings. The van der Waals surface area contributed by atoms with Gasteiger partial charge in [-0.25, -0.2) is 0 Å². The molecule has 2 rings (SSSR count). The number of piperidine rings is 1. The molecule has 2 atom stereocenters. The Morgan fingerprint density at radius 3 is 2.36 bits per heavy atom. The van der Waals surface area contributed by atoms with E-state index in [1.165, 1.54) is 0 Å². The molecule has 6 heteroatoms. The fourth-order valence-corrected chi connectivity index (χ4v) is 2.71. The number of halogens is 1. The molecule has 0 aliphatic carbocycles. The number of carbonyl (C=O) groups is 1. The van der Waals surface area contributed by atoms with Crippen LogP contribution < -0.4 is 20.1 Å². The quantitative estimate of drug-likeness (QED) is 0.890. The summed E-state index contributed by atoms with van der Waals surface area (Å²) in [6.07, 6.45) is 2.08. The number of nitrogens with one attached hydrogen (secondary N) is 2. The molecule has 1 aromatic carbocycles. The molecule has 22 heavy (non-hydrogen) atoms. The molecule has 0 radical (unpaired) electrons. The maximum atomic E-state index is 12.5. The van der Waals surface area contributed by atoms with Gasteiger partial charge in [-0.15, -0.1) is 12.4 Å². The first-order chi connectivity index (χ1) is 10.1. The van der Waals surface area contributed by atoms with Gasteiger partial charge in [0.15, 0.2) is 0 Å². The van der Waals surface area contributed by atoms with E-state index in [4.69, 9.17) is 9.47 Å². The van der Waals surface area contributed by atoms with Crippen molar-refractivity contribution >= 4 is 18.3 Å². The average Bonchev–Trinajstić information content (AvgIpc) is 2.49. The Balaban J connectivity index is 0.00000242. The van der Waals surface area contributed by atoms with Gasteiger partial charge in [0.2, 0.25) is 0 Å². The number of ether oxygens (including phenoxy) is 2. The number of hydrogen-bond acceptors (Lipinski definition) is 4. The van der Waals surface area contributed by atoms with E-state index in [0.717, 1.165) is 24.9 Å². The van der Waals surface area contributed by atoms with Crippen molar-refractivity contribution in [3.8, 4) is 11.5 Å². The Bertz CT molecular complexity index is 497. The summed E-state index contributed by atoms with van der Waals surface area (Å²) in [6.45, 7) is 5.02. The fourth-order valence-electron chi connectivity index (χ4n) is 2.71. The van der Waals surface area contributed by atoms with Crippen molar-refractivity contribution in [2.24, 2.45) is 0 Å². The lowest BCUT2D eigenvalue weighted by Crippen LogP contribution is -2.51. The van der Waals surface area contributed by atoms with Crippen molar-refractivity contribution in [1.82, 2.24) is 10.6 Å². The summed E-state index contributed by atoms with van der Waals surface area (Å²) in [6, 6.07) is 3.96. The third kappa shape index (κ3) is 4.05. The van der Waals surface area contributed by atoms with Crippen LogP contribution in [-0.4, -0.2) is 38.8 Å². The fraction of sp³-hybridized carbons (Fsp3) is 0.562. The normalized spacial score (nSPS) is 20.7. The van der Waals surface area contributed by atoms with Gasteiger partial charge in [-0.3, -0.25) is 4.79 Å². The van der Waals surface area contributed by atoms with Gasteiger partial charge >= 0.3 is 0 Å². The lowest BCUT2D eigenvalue weighted by molar-refractivity contribution is 0.0919. The Kier molecular flexibility index (Phi) is 6.97. The van der Waals surface area contributed by atoms with Gasteiger partial charge in [-0.05, 0) is 45.4 Å². The predicted molar refractivity (Wildman–Crippen MR) is 89.5 cm³/mol. The first-order valence-corrected chi connectivity index (χ1v) is 7.33. The zero-order valence-electron chi connectivity index (χ0n) is 13.6. The topological polar surface area (TPSA) is 59.6 Å². The SMILES string of the molecule is COc1cc(C(=O)NC2CCCNC2C)cc(OC)c1C.Cl. The highest BCUT2D eigenvalue weighted by atomic mass is 35.5. The molecule has 5 nitrogen and oxygen atoms in total. The minimum atomic E-state index is -0.0906. The summed E-state index contributed by atoms with van der Waals surface area (Å²) in [5, 5.41) is 6.47. The van der Waals surface area contributed by atoms with Crippen LogP contribution >= 0.6 is 12.4 Å². The van der Waals surface area contributed by atoms with E-state index in [1.807, 2.05) is 6.92 Å². The third-order valence-electron chi connectivity index (χ3n) is 4.09. The summed E-state index contributed by atoms with van der Waals surface area (Å²) in [4.78, 5) is 12.5. The lowest BCUT2D eigenvalue weighted by atomic mass is 9.99. The number of benzene rings is 1. The van der Waals surface area contributed by atoms with E-state index >= 15 is 0 Å². The number of methoxy groups -OCH3 is 2. The molecule has 1 saturated heterocycles. The average molecular weight is 329 g/mol. The van der Waals surface area contributed by atoms with Crippen LogP contribution in [0.4, 0.5) is 0 Å². The molecule has 1 amide bonds. The van der Waals surface area contributed by atoms with Crippen molar-refractivity contribution in [3.63, 3.8) is 0 Å². The molecule has 0 aromatic heterocycles. The summed E-state index contributed by atoms with van der Waals surface area (Å²) in [5.74, 6) is 1.23. The van der Waals surface area contributed by atoms with Crippen LogP contribution in [0, 0.1) is 6.92 Å². The molecule has 2 N–H and O–H groups in total. The highest BCUT2D eigenvalue weighted by Gasteiger charge is 2.23. The zero-order chi connectivity index (χ0) is 15.4. The van der Waals surface area contributed by atoms with E-state index in [9.17, 15) is 4.79 Å². The summed E-state index contributed by atoms with van der Waals surface area (Å²) < 4.78 is 10.6. The van der Waals surface area contributed by atoms with Crippen molar-refractivity contribution in [2.45, 2.75) is 38.8 Å². The van der Waals surface area contributed by atoms with Gasteiger partial charge in [-0.2, -0.15) is 0 Å². The Hall–Kier alpha value is -1.46. The maximum absolute atomic E-state index is 12.5. The van der Waals surface area contributed by atoms with Gasteiger partial charge in [0.1, 0.15) is 11.5 Å². The molecule has 0 spiro atoms. The second-order valence-electron chi connectivity index (χ2n) is 5.47. The molecule has 1 fully saturated rings. The monoisotopic (exact) mass is 328 g/mol. The predicted octanol–water partition coefficient (Wildman–Crippen LogP) is 2.30. The van der Waals surface area contributed by atoms with Crippen LogP contribution in [0.2, 0.25) is 0 Å². The summed E-state index contributed by atoms with van der Waals surface area (Å²) in [5.41, 5.74) is 1.45. The van der Waals surface area contributed by atoms with E-state index in [0.29, 0.717) is 17.1 Å². The lowest BCUT2D eigenvalue weighted by Gasteiger charge is -2.30. The largest absolute Gasteiger partial charge is 0.496 e. The van der Waals surface area contributed by atoms with Crippen LogP contribution in [0.25, 0.3) is 0 Å². The zero-order valence-corrected chi connectivity index (χ0v) is 14.4. The number of hydrogen-bond donors (Lipinski definition) is 2. The third-order valence-corrected chi connectivity index (χ3v) is 4.09. The molecular formula is C16H25ClN2O3. The molecule has 124 valence electrons. The van der Waals surface area contributed by atoms with Crippen molar-refractivity contribution < 1.29 is 14.3 Å². The van der Waals surface area contributed by atoms with E-state index < -0.39 is 0 Å². The van der Waals surface area contributed by atoms with Gasteiger partial charge in [-0.1, -0.05) is 0 Å².